The molecule has 112 valence electrons. The number of piperidine rings is 1. The summed E-state index contributed by atoms with van der Waals surface area (Å²) in [5.74, 6) is 0.347. The average molecular weight is 335 g/mol. The molecule has 0 saturated carbocycles. The fourth-order valence-corrected chi connectivity index (χ4v) is 2.95. The molecule has 2 N–H and O–H groups in total. The van der Waals surface area contributed by atoms with E-state index in [4.69, 9.17) is 17.3 Å². The third kappa shape index (κ3) is 3.82. The average Bonchev–Trinajstić information content (AvgIpc) is 2.41. The second kappa shape index (κ2) is 7.55. The highest BCUT2D eigenvalue weighted by Gasteiger charge is 2.27. The SMILES string of the molecule is CSc1ccc(Cl)c(C(=O)N2CCC(N)C(C)C2)c1.Cl. The summed E-state index contributed by atoms with van der Waals surface area (Å²) in [6.07, 6.45) is 2.84. The van der Waals surface area contributed by atoms with E-state index in [9.17, 15) is 4.79 Å². The van der Waals surface area contributed by atoms with Gasteiger partial charge in [-0.15, -0.1) is 24.2 Å². The zero-order valence-corrected chi connectivity index (χ0v) is 14.0. The number of likely N-dealkylation sites (tertiary alicyclic amines) is 1. The van der Waals surface area contributed by atoms with Crippen LogP contribution >= 0.6 is 35.8 Å². The van der Waals surface area contributed by atoms with E-state index in [-0.39, 0.29) is 24.4 Å². The third-order valence-electron chi connectivity index (χ3n) is 3.66. The molecule has 1 aromatic rings. The van der Waals surface area contributed by atoms with Gasteiger partial charge >= 0.3 is 0 Å². The lowest BCUT2D eigenvalue weighted by molar-refractivity contribution is 0.0664. The first-order chi connectivity index (χ1) is 9.02. The van der Waals surface area contributed by atoms with Gasteiger partial charge in [0.05, 0.1) is 10.6 Å². The lowest BCUT2D eigenvalue weighted by Gasteiger charge is -2.35. The van der Waals surface area contributed by atoms with Crippen LogP contribution in [0.3, 0.4) is 0 Å². The first kappa shape index (κ1) is 17.6. The van der Waals surface area contributed by atoms with Crippen LogP contribution in [0.4, 0.5) is 0 Å². The molecule has 0 radical (unpaired) electrons. The maximum absolute atomic E-state index is 12.5. The molecule has 20 heavy (non-hydrogen) atoms. The molecule has 1 amide bonds. The van der Waals surface area contributed by atoms with E-state index in [0.717, 1.165) is 11.3 Å². The maximum atomic E-state index is 12.5. The van der Waals surface area contributed by atoms with Crippen molar-refractivity contribution >= 4 is 41.7 Å². The van der Waals surface area contributed by atoms with Gasteiger partial charge in [-0.3, -0.25) is 4.79 Å². The Balaban J connectivity index is 0.00000200. The number of benzene rings is 1. The fraction of sp³-hybridized carbons (Fsp3) is 0.500. The number of nitrogens with two attached hydrogens (primary N) is 1. The minimum absolute atomic E-state index is 0. The number of halogens is 2. The van der Waals surface area contributed by atoms with Crippen LogP contribution in [0, 0.1) is 5.92 Å². The molecule has 1 aliphatic heterocycles. The van der Waals surface area contributed by atoms with Crippen molar-refractivity contribution in [3.8, 4) is 0 Å². The molecule has 3 nitrogen and oxygen atoms in total. The molecule has 1 fully saturated rings. The number of rotatable bonds is 2. The predicted octanol–water partition coefficient (Wildman–Crippen LogP) is 3.29. The minimum Gasteiger partial charge on any atom is -0.338 e. The Labute approximate surface area is 135 Å². The monoisotopic (exact) mass is 334 g/mol. The van der Waals surface area contributed by atoms with Crippen molar-refractivity contribution in [2.24, 2.45) is 11.7 Å². The lowest BCUT2D eigenvalue weighted by Crippen LogP contribution is -2.48. The molecule has 2 unspecified atom stereocenters. The lowest BCUT2D eigenvalue weighted by atomic mass is 9.94. The number of nitrogens with zero attached hydrogens (tertiary/aromatic N) is 1. The second-order valence-corrected chi connectivity index (χ2v) is 6.31. The summed E-state index contributed by atoms with van der Waals surface area (Å²) in [5.41, 5.74) is 6.58. The maximum Gasteiger partial charge on any atom is 0.255 e. The molecular weight excluding hydrogens is 315 g/mol. The number of thioether (sulfide) groups is 1. The van der Waals surface area contributed by atoms with Crippen LogP contribution in [0.15, 0.2) is 23.1 Å². The summed E-state index contributed by atoms with van der Waals surface area (Å²) < 4.78 is 0. The van der Waals surface area contributed by atoms with Gasteiger partial charge < -0.3 is 10.6 Å². The highest BCUT2D eigenvalue weighted by Crippen LogP contribution is 2.26. The van der Waals surface area contributed by atoms with Gasteiger partial charge in [-0.05, 0) is 36.8 Å². The van der Waals surface area contributed by atoms with Gasteiger partial charge in [0.25, 0.3) is 5.91 Å². The van der Waals surface area contributed by atoms with Crippen LogP contribution in [-0.2, 0) is 0 Å². The van der Waals surface area contributed by atoms with Crippen LogP contribution in [0.1, 0.15) is 23.7 Å². The number of hydrogen-bond donors (Lipinski definition) is 1. The number of carbonyl (C=O) groups is 1. The van der Waals surface area contributed by atoms with Crippen molar-refractivity contribution in [3.05, 3.63) is 28.8 Å². The number of hydrogen-bond acceptors (Lipinski definition) is 3. The summed E-state index contributed by atoms with van der Waals surface area (Å²) in [5, 5.41) is 0.519. The Bertz CT molecular complexity index is 484. The normalized spacial score (nSPS) is 22.3. The van der Waals surface area contributed by atoms with Crippen molar-refractivity contribution in [1.29, 1.82) is 0 Å². The summed E-state index contributed by atoms with van der Waals surface area (Å²) in [6.45, 7) is 3.51. The quantitative estimate of drug-likeness (QED) is 0.844. The van der Waals surface area contributed by atoms with Gasteiger partial charge in [0, 0.05) is 24.0 Å². The van der Waals surface area contributed by atoms with Crippen LogP contribution in [0.2, 0.25) is 5.02 Å². The minimum atomic E-state index is 0. The van der Waals surface area contributed by atoms with Crippen LogP contribution in [-0.4, -0.2) is 36.2 Å². The van der Waals surface area contributed by atoms with Crippen LogP contribution in [0.5, 0.6) is 0 Å². The smallest absolute Gasteiger partial charge is 0.255 e. The number of amides is 1. The van der Waals surface area contributed by atoms with Gasteiger partial charge in [-0.1, -0.05) is 18.5 Å². The highest BCUT2D eigenvalue weighted by molar-refractivity contribution is 7.98. The standard InChI is InChI=1S/C14H19ClN2OS.ClH/c1-9-8-17(6-5-13(9)16)14(18)11-7-10(19-2)3-4-12(11)15;/h3-4,7,9,13H,5-6,8,16H2,1-2H3;1H. The molecule has 2 atom stereocenters. The zero-order valence-electron chi connectivity index (χ0n) is 11.6. The molecule has 0 aliphatic carbocycles. The van der Waals surface area contributed by atoms with E-state index < -0.39 is 0 Å². The van der Waals surface area contributed by atoms with Gasteiger partial charge in [-0.2, -0.15) is 0 Å². The van der Waals surface area contributed by atoms with E-state index in [0.29, 0.717) is 29.6 Å². The van der Waals surface area contributed by atoms with Gasteiger partial charge in [0.2, 0.25) is 0 Å². The van der Waals surface area contributed by atoms with E-state index in [1.807, 2.05) is 23.3 Å². The van der Waals surface area contributed by atoms with Crippen LogP contribution < -0.4 is 5.73 Å². The molecule has 0 bridgehead atoms. The Hall–Kier alpha value is -0.420. The molecule has 0 spiro atoms. The second-order valence-electron chi connectivity index (χ2n) is 5.03. The Kier molecular flexibility index (Phi) is 6.65. The molecule has 1 aromatic carbocycles. The largest absolute Gasteiger partial charge is 0.338 e. The van der Waals surface area contributed by atoms with E-state index in [2.05, 4.69) is 6.92 Å². The molecule has 6 heteroatoms. The topological polar surface area (TPSA) is 46.3 Å². The first-order valence-electron chi connectivity index (χ1n) is 6.41. The third-order valence-corrected chi connectivity index (χ3v) is 4.72. The summed E-state index contributed by atoms with van der Waals surface area (Å²) in [4.78, 5) is 15.4. The molecule has 1 saturated heterocycles. The molecule has 0 aromatic heterocycles. The molecular formula is C14H20Cl2N2OS. The fourth-order valence-electron chi connectivity index (χ4n) is 2.31. The Morgan fingerprint density at radius 2 is 2.20 bits per heavy atom. The van der Waals surface area contributed by atoms with Crippen molar-refractivity contribution in [2.75, 3.05) is 19.3 Å². The number of carbonyl (C=O) groups excluding carboxylic acids is 1. The van der Waals surface area contributed by atoms with Gasteiger partial charge in [0.1, 0.15) is 0 Å². The first-order valence-corrected chi connectivity index (χ1v) is 8.01. The highest BCUT2D eigenvalue weighted by atomic mass is 35.5. The van der Waals surface area contributed by atoms with Crippen molar-refractivity contribution < 1.29 is 4.79 Å². The molecule has 2 rings (SSSR count). The predicted molar refractivity (Wildman–Crippen MR) is 88.1 cm³/mol. The Morgan fingerprint density at radius 1 is 1.50 bits per heavy atom. The van der Waals surface area contributed by atoms with E-state index in [1.165, 1.54) is 0 Å². The summed E-state index contributed by atoms with van der Waals surface area (Å²) >= 11 is 7.76. The van der Waals surface area contributed by atoms with Crippen LogP contribution in [0.25, 0.3) is 0 Å². The van der Waals surface area contributed by atoms with Crippen molar-refractivity contribution in [3.63, 3.8) is 0 Å². The van der Waals surface area contributed by atoms with E-state index >= 15 is 0 Å². The van der Waals surface area contributed by atoms with Gasteiger partial charge in [0.15, 0.2) is 0 Å². The molecule has 1 aliphatic rings. The van der Waals surface area contributed by atoms with Gasteiger partial charge in [-0.25, -0.2) is 0 Å². The summed E-state index contributed by atoms with van der Waals surface area (Å²) in [7, 11) is 0. The summed E-state index contributed by atoms with van der Waals surface area (Å²) in [6, 6.07) is 5.78. The Morgan fingerprint density at radius 3 is 2.80 bits per heavy atom. The molecule has 1 heterocycles. The van der Waals surface area contributed by atoms with Crippen molar-refractivity contribution in [1.82, 2.24) is 4.90 Å². The zero-order chi connectivity index (χ0) is 14.0. The van der Waals surface area contributed by atoms with Crippen molar-refractivity contribution in [2.45, 2.75) is 24.3 Å². The van der Waals surface area contributed by atoms with E-state index in [1.54, 1.807) is 17.8 Å².